The first kappa shape index (κ1) is 12.4. The highest BCUT2D eigenvalue weighted by atomic mass is 16.5. The predicted molar refractivity (Wildman–Crippen MR) is 74.0 cm³/mol. The van der Waals surface area contributed by atoms with Crippen LogP contribution in [0.1, 0.15) is 12.0 Å². The van der Waals surface area contributed by atoms with Crippen molar-refractivity contribution in [3.8, 4) is 5.75 Å². The molecule has 0 saturated heterocycles. The number of anilines is 1. The molecule has 0 unspecified atom stereocenters. The van der Waals surface area contributed by atoms with Gasteiger partial charge in [0.15, 0.2) is 0 Å². The SMILES string of the molecule is Cc1cccc(OCCCNc2ccccn2)c1. The minimum Gasteiger partial charge on any atom is -0.494 e. The second kappa shape index (κ2) is 6.64. The molecule has 3 heteroatoms. The largest absolute Gasteiger partial charge is 0.494 e. The quantitative estimate of drug-likeness (QED) is 0.789. The van der Waals surface area contributed by atoms with Crippen LogP contribution in [0.2, 0.25) is 0 Å². The van der Waals surface area contributed by atoms with E-state index in [-0.39, 0.29) is 0 Å². The highest BCUT2D eigenvalue weighted by molar-refractivity contribution is 5.32. The molecular formula is C15H18N2O. The molecule has 94 valence electrons. The lowest BCUT2D eigenvalue weighted by Crippen LogP contribution is -2.08. The van der Waals surface area contributed by atoms with Crippen molar-refractivity contribution in [1.82, 2.24) is 4.98 Å². The van der Waals surface area contributed by atoms with E-state index in [0.717, 1.165) is 24.5 Å². The van der Waals surface area contributed by atoms with Gasteiger partial charge in [-0.1, -0.05) is 18.2 Å². The number of rotatable bonds is 6. The summed E-state index contributed by atoms with van der Waals surface area (Å²) in [5.74, 6) is 1.85. The normalized spacial score (nSPS) is 10.1. The molecule has 18 heavy (non-hydrogen) atoms. The Labute approximate surface area is 108 Å². The van der Waals surface area contributed by atoms with Crippen molar-refractivity contribution in [1.29, 1.82) is 0 Å². The van der Waals surface area contributed by atoms with Crippen molar-refractivity contribution in [3.63, 3.8) is 0 Å². The van der Waals surface area contributed by atoms with E-state index in [0.29, 0.717) is 6.61 Å². The second-order valence-corrected chi connectivity index (χ2v) is 4.16. The Hall–Kier alpha value is -2.03. The molecular weight excluding hydrogens is 224 g/mol. The molecule has 1 heterocycles. The number of ether oxygens (including phenoxy) is 1. The number of nitrogens with one attached hydrogen (secondary N) is 1. The van der Waals surface area contributed by atoms with Crippen molar-refractivity contribution in [2.75, 3.05) is 18.5 Å². The molecule has 0 atom stereocenters. The summed E-state index contributed by atoms with van der Waals surface area (Å²) in [6, 6.07) is 13.9. The fourth-order valence-corrected chi connectivity index (χ4v) is 1.65. The molecule has 3 nitrogen and oxygen atoms in total. The average molecular weight is 242 g/mol. The van der Waals surface area contributed by atoms with Gasteiger partial charge in [-0.2, -0.15) is 0 Å². The Balaban J connectivity index is 1.65. The highest BCUT2D eigenvalue weighted by Crippen LogP contribution is 2.12. The molecule has 2 aromatic rings. The number of benzene rings is 1. The molecule has 0 bridgehead atoms. The van der Waals surface area contributed by atoms with Crippen LogP contribution in [0.5, 0.6) is 5.75 Å². The number of aromatic nitrogens is 1. The zero-order valence-electron chi connectivity index (χ0n) is 10.6. The Morgan fingerprint density at radius 2 is 2.11 bits per heavy atom. The fourth-order valence-electron chi connectivity index (χ4n) is 1.65. The Bertz CT molecular complexity index is 471. The van der Waals surface area contributed by atoms with Crippen LogP contribution in [0, 0.1) is 6.92 Å². The third kappa shape index (κ3) is 4.09. The predicted octanol–water partition coefficient (Wildman–Crippen LogP) is 3.27. The van der Waals surface area contributed by atoms with E-state index in [1.165, 1.54) is 5.56 Å². The smallest absolute Gasteiger partial charge is 0.125 e. The first-order valence-corrected chi connectivity index (χ1v) is 6.19. The first-order valence-electron chi connectivity index (χ1n) is 6.19. The number of aryl methyl sites for hydroxylation is 1. The Kier molecular flexibility index (Phi) is 4.59. The van der Waals surface area contributed by atoms with Gasteiger partial charge in [-0.15, -0.1) is 0 Å². The van der Waals surface area contributed by atoms with E-state index in [1.54, 1.807) is 6.20 Å². The standard InChI is InChI=1S/C15H18N2O/c1-13-6-4-7-14(12-13)18-11-5-10-17-15-8-2-3-9-16-15/h2-4,6-9,12H,5,10-11H2,1H3,(H,16,17). The third-order valence-electron chi connectivity index (χ3n) is 2.55. The Morgan fingerprint density at radius 1 is 1.17 bits per heavy atom. The molecule has 0 aliphatic carbocycles. The van der Waals surface area contributed by atoms with Crippen LogP contribution in [0.4, 0.5) is 5.82 Å². The number of nitrogens with zero attached hydrogens (tertiary/aromatic N) is 1. The van der Waals surface area contributed by atoms with Crippen LogP contribution in [0.25, 0.3) is 0 Å². The highest BCUT2D eigenvalue weighted by Gasteiger charge is 1.94. The van der Waals surface area contributed by atoms with Gasteiger partial charge in [-0.25, -0.2) is 4.98 Å². The maximum absolute atomic E-state index is 5.66. The van der Waals surface area contributed by atoms with Gasteiger partial charge < -0.3 is 10.1 Å². The van der Waals surface area contributed by atoms with E-state index >= 15 is 0 Å². The van der Waals surface area contributed by atoms with Gasteiger partial charge in [0.05, 0.1) is 6.61 Å². The van der Waals surface area contributed by atoms with Crippen molar-refractivity contribution in [2.45, 2.75) is 13.3 Å². The second-order valence-electron chi connectivity index (χ2n) is 4.16. The van der Waals surface area contributed by atoms with E-state index in [2.05, 4.69) is 23.3 Å². The first-order chi connectivity index (χ1) is 8.84. The molecule has 1 aromatic carbocycles. The summed E-state index contributed by atoms with van der Waals surface area (Å²) in [4.78, 5) is 4.19. The zero-order chi connectivity index (χ0) is 12.6. The Morgan fingerprint density at radius 3 is 2.89 bits per heavy atom. The van der Waals surface area contributed by atoms with Crippen molar-refractivity contribution in [2.24, 2.45) is 0 Å². The molecule has 0 fully saturated rings. The maximum atomic E-state index is 5.66. The number of hydrogen-bond donors (Lipinski definition) is 1. The van der Waals surface area contributed by atoms with Crippen LogP contribution in [-0.4, -0.2) is 18.1 Å². The molecule has 1 aromatic heterocycles. The molecule has 0 radical (unpaired) electrons. The van der Waals surface area contributed by atoms with Gasteiger partial charge in [-0.05, 0) is 43.2 Å². The van der Waals surface area contributed by atoms with Gasteiger partial charge in [0, 0.05) is 12.7 Å². The van der Waals surface area contributed by atoms with Gasteiger partial charge in [0.2, 0.25) is 0 Å². The van der Waals surface area contributed by atoms with E-state index < -0.39 is 0 Å². The van der Waals surface area contributed by atoms with Crippen molar-refractivity contribution >= 4 is 5.82 Å². The van der Waals surface area contributed by atoms with Crippen LogP contribution in [-0.2, 0) is 0 Å². The van der Waals surface area contributed by atoms with Gasteiger partial charge in [0.25, 0.3) is 0 Å². The topological polar surface area (TPSA) is 34.1 Å². The summed E-state index contributed by atoms with van der Waals surface area (Å²) in [6.45, 7) is 3.64. The molecule has 0 aliphatic rings. The maximum Gasteiger partial charge on any atom is 0.125 e. The lowest BCUT2D eigenvalue weighted by atomic mass is 10.2. The zero-order valence-corrected chi connectivity index (χ0v) is 10.6. The van der Waals surface area contributed by atoms with E-state index in [4.69, 9.17) is 4.74 Å². The van der Waals surface area contributed by atoms with Crippen molar-refractivity contribution in [3.05, 3.63) is 54.2 Å². The van der Waals surface area contributed by atoms with Crippen LogP contribution < -0.4 is 10.1 Å². The van der Waals surface area contributed by atoms with E-state index in [9.17, 15) is 0 Å². The molecule has 0 aliphatic heterocycles. The minimum atomic E-state index is 0.712. The fraction of sp³-hybridized carbons (Fsp3) is 0.267. The monoisotopic (exact) mass is 242 g/mol. The summed E-state index contributed by atoms with van der Waals surface area (Å²) in [7, 11) is 0. The minimum absolute atomic E-state index is 0.712. The lowest BCUT2D eigenvalue weighted by molar-refractivity contribution is 0.315. The molecule has 0 saturated carbocycles. The van der Waals surface area contributed by atoms with Gasteiger partial charge in [0.1, 0.15) is 11.6 Å². The lowest BCUT2D eigenvalue weighted by Gasteiger charge is -2.08. The summed E-state index contributed by atoms with van der Waals surface area (Å²) in [6.07, 6.45) is 2.73. The third-order valence-corrected chi connectivity index (χ3v) is 2.55. The van der Waals surface area contributed by atoms with Crippen LogP contribution in [0.15, 0.2) is 48.7 Å². The molecule has 0 spiro atoms. The molecule has 1 N–H and O–H groups in total. The van der Waals surface area contributed by atoms with Crippen molar-refractivity contribution < 1.29 is 4.74 Å². The molecule has 2 rings (SSSR count). The van der Waals surface area contributed by atoms with Crippen LogP contribution >= 0.6 is 0 Å². The van der Waals surface area contributed by atoms with Gasteiger partial charge >= 0.3 is 0 Å². The average Bonchev–Trinajstić information content (AvgIpc) is 2.40. The summed E-state index contributed by atoms with van der Waals surface area (Å²) >= 11 is 0. The van der Waals surface area contributed by atoms with Crippen LogP contribution in [0.3, 0.4) is 0 Å². The van der Waals surface area contributed by atoms with E-state index in [1.807, 2.05) is 36.4 Å². The summed E-state index contributed by atoms with van der Waals surface area (Å²) in [5.41, 5.74) is 1.22. The number of pyridine rings is 1. The summed E-state index contributed by atoms with van der Waals surface area (Å²) < 4.78 is 5.66. The molecule has 0 amide bonds. The van der Waals surface area contributed by atoms with Gasteiger partial charge in [-0.3, -0.25) is 0 Å². The summed E-state index contributed by atoms with van der Waals surface area (Å²) in [5, 5.41) is 3.25. The number of hydrogen-bond acceptors (Lipinski definition) is 3.